The van der Waals surface area contributed by atoms with E-state index in [-0.39, 0.29) is 18.5 Å². The Morgan fingerprint density at radius 1 is 1.53 bits per heavy atom. The minimum atomic E-state index is -1.11. The van der Waals surface area contributed by atoms with E-state index in [1.807, 2.05) is 7.05 Å². The van der Waals surface area contributed by atoms with Gasteiger partial charge < -0.3 is 20.2 Å². The minimum absolute atomic E-state index is 0.0116. The monoisotopic (exact) mass is 267 g/mol. The van der Waals surface area contributed by atoms with Crippen molar-refractivity contribution in [3.8, 4) is 12.3 Å². The Morgan fingerprint density at radius 2 is 2.11 bits per heavy atom. The number of hydrogen-bond acceptors (Lipinski definition) is 3. The lowest BCUT2D eigenvalue weighted by atomic mass is 10.0. The Kier molecular flexibility index (Phi) is 5.64. The summed E-state index contributed by atoms with van der Waals surface area (Å²) in [5.74, 6) is 1.15. The normalized spacial score (nSPS) is 18.4. The molecule has 2 N–H and O–H groups in total. The Labute approximate surface area is 113 Å². The van der Waals surface area contributed by atoms with Crippen LogP contribution in [0.25, 0.3) is 0 Å². The molecule has 1 aliphatic heterocycles. The number of carbonyl (C=O) groups is 2. The number of aliphatic carboxylic acids is 1. The molecule has 6 nitrogen and oxygen atoms in total. The predicted octanol–water partition coefficient (Wildman–Crippen LogP) is 0.199. The number of likely N-dealkylation sites (tertiary alicyclic amines) is 1. The van der Waals surface area contributed by atoms with Crippen molar-refractivity contribution in [3.05, 3.63) is 0 Å². The molecule has 1 heterocycles. The van der Waals surface area contributed by atoms with Crippen molar-refractivity contribution in [1.29, 1.82) is 0 Å². The number of nitrogens with zero attached hydrogens (tertiary/aromatic N) is 2. The average molecular weight is 267 g/mol. The first-order chi connectivity index (χ1) is 8.95. The third-order valence-electron chi connectivity index (χ3n) is 3.47. The van der Waals surface area contributed by atoms with Crippen LogP contribution in [0.1, 0.15) is 19.3 Å². The second kappa shape index (κ2) is 7.00. The fourth-order valence-corrected chi connectivity index (χ4v) is 2.12. The van der Waals surface area contributed by atoms with Crippen LogP contribution in [0.4, 0.5) is 4.79 Å². The molecule has 0 aliphatic carbocycles. The van der Waals surface area contributed by atoms with Gasteiger partial charge in [-0.1, -0.05) is 0 Å². The minimum Gasteiger partial charge on any atom is -0.480 e. The SMILES string of the molecule is C#CCC(NC(=O)N(C)C1CCN(C)CC1)C(=O)O. The first-order valence-electron chi connectivity index (χ1n) is 6.33. The Bertz CT molecular complexity index is 370. The van der Waals surface area contributed by atoms with Gasteiger partial charge in [0.1, 0.15) is 6.04 Å². The summed E-state index contributed by atoms with van der Waals surface area (Å²) in [6.45, 7) is 1.88. The maximum Gasteiger partial charge on any atom is 0.327 e. The lowest BCUT2D eigenvalue weighted by Crippen LogP contribution is -2.52. The molecule has 1 saturated heterocycles. The average Bonchev–Trinajstić information content (AvgIpc) is 2.38. The third kappa shape index (κ3) is 4.45. The fourth-order valence-electron chi connectivity index (χ4n) is 2.12. The molecule has 0 spiro atoms. The highest BCUT2D eigenvalue weighted by Gasteiger charge is 2.26. The summed E-state index contributed by atoms with van der Waals surface area (Å²) in [6.07, 6.45) is 6.87. The summed E-state index contributed by atoms with van der Waals surface area (Å²) in [4.78, 5) is 26.7. The first-order valence-corrected chi connectivity index (χ1v) is 6.33. The van der Waals surface area contributed by atoms with E-state index in [0.29, 0.717) is 0 Å². The summed E-state index contributed by atoms with van der Waals surface area (Å²) < 4.78 is 0. The number of nitrogens with one attached hydrogen (secondary N) is 1. The molecule has 1 rings (SSSR count). The highest BCUT2D eigenvalue weighted by molar-refractivity contribution is 5.82. The van der Waals surface area contributed by atoms with E-state index in [0.717, 1.165) is 25.9 Å². The van der Waals surface area contributed by atoms with Gasteiger partial charge in [-0.05, 0) is 33.0 Å². The van der Waals surface area contributed by atoms with Crippen molar-refractivity contribution in [2.45, 2.75) is 31.3 Å². The third-order valence-corrected chi connectivity index (χ3v) is 3.47. The first kappa shape index (κ1) is 15.3. The maximum atomic E-state index is 12.0. The molecule has 0 saturated carbocycles. The number of amides is 2. The van der Waals surface area contributed by atoms with E-state index in [2.05, 4.69) is 16.1 Å². The molecule has 1 aliphatic rings. The zero-order chi connectivity index (χ0) is 14.4. The molecule has 0 bridgehead atoms. The maximum absolute atomic E-state index is 12.0. The molecule has 0 radical (unpaired) electrons. The smallest absolute Gasteiger partial charge is 0.327 e. The molecule has 0 aromatic carbocycles. The van der Waals surface area contributed by atoms with E-state index in [1.54, 1.807) is 11.9 Å². The van der Waals surface area contributed by atoms with Gasteiger partial charge in [-0.25, -0.2) is 9.59 Å². The number of rotatable bonds is 4. The van der Waals surface area contributed by atoms with Gasteiger partial charge in [0, 0.05) is 19.5 Å². The van der Waals surface area contributed by atoms with Crippen LogP contribution >= 0.6 is 0 Å². The second-order valence-corrected chi connectivity index (χ2v) is 4.89. The van der Waals surface area contributed by atoms with Crippen molar-refractivity contribution < 1.29 is 14.7 Å². The molecular formula is C13H21N3O3. The molecule has 0 aromatic rings. The van der Waals surface area contributed by atoms with E-state index in [4.69, 9.17) is 11.5 Å². The number of carboxylic acids is 1. The standard InChI is InChI=1S/C13H21N3O3/c1-4-5-11(12(17)18)14-13(19)16(3)10-6-8-15(2)9-7-10/h1,10-11H,5-9H2,2-3H3,(H,14,19)(H,17,18). The highest BCUT2D eigenvalue weighted by Crippen LogP contribution is 2.14. The van der Waals surface area contributed by atoms with Crippen LogP contribution in [0.15, 0.2) is 0 Å². The number of urea groups is 1. The van der Waals surface area contributed by atoms with E-state index >= 15 is 0 Å². The van der Waals surface area contributed by atoms with Crippen molar-refractivity contribution in [1.82, 2.24) is 15.1 Å². The van der Waals surface area contributed by atoms with Gasteiger partial charge in [-0.3, -0.25) is 0 Å². The largest absolute Gasteiger partial charge is 0.480 e. The van der Waals surface area contributed by atoms with Crippen molar-refractivity contribution in [3.63, 3.8) is 0 Å². The van der Waals surface area contributed by atoms with Crippen LogP contribution in [-0.4, -0.2) is 66.2 Å². The molecular weight excluding hydrogens is 246 g/mol. The Morgan fingerprint density at radius 3 is 2.58 bits per heavy atom. The van der Waals surface area contributed by atoms with Crippen LogP contribution in [0.5, 0.6) is 0 Å². The Hall–Kier alpha value is -1.74. The van der Waals surface area contributed by atoms with Gasteiger partial charge in [-0.15, -0.1) is 12.3 Å². The van der Waals surface area contributed by atoms with Gasteiger partial charge in [0.05, 0.1) is 0 Å². The summed E-state index contributed by atoms with van der Waals surface area (Å²) in [5.41, 5.74) is 0. The molecule has 0 aromatic heterocycles. The van der Waals surface area contributed by atoms with Crippen LogP contribution in [0, 0.1) is 12.3 Å². The predicted molar refractivity (Wildman–Crippen MR) is 71.7 cm³/mol. The van der Waals surface area contributed by atoms with E-state index in [9.17, 15) is 9.59 Å². The topological polar surface area (TPSA) is 72.9 Å². The van der Waals surface area contributed by atoms with Crippen molar-refractivity contribution in [2.24, 2.45) is 0 Å². The van der Waals surface area contributed by atoms with Crippen LogP contribution in [-0.2, 0) is 4.79 Å². The quantitative estimate of drug-likeness (QED) is 0.714. The van der Waals surface area contributed by atoms with Gasteiger partial charge in [0.25, 0.3) is 0 Å². The molecule has 1 fully saturated rings. The van der Waals surface area contributed by atoms with Gasteiger partial charge in [0.15, 0.2) is 0 Å². The summed E-state index contributed by atoms with van der Waals surface area (Å²) in [6, 6.07) is -1.25. The Balaban J connectivity index is 2.52. The van der Waals surface area contributed by atoms with Crippen molar-refractivity contribution in [2.75, 3.05) is 27.2 Å². The van der Waals surface area contributed by atoms with E-state index in [1.165, 1.54) is 0 Å². The zero-order valence-electron chi connectivity index (χ0n) is 11.4. The van der Waals surface area contributed by atoms with Gasteiger partial charge >= 0.3 is 12.0 Å². The highest BCUT2D eigenvalue weighted by atomic mass is 16.4. The lowest BCUT2D eigenvalue weighted by molar-refractivity contribution is -0.139. The molecule has 1 unspecified atom stereocenters. The van der Waals surface area contributed by atoms with Crippen LogP contribution in [0.2, 0.25) is 0 Å². The second-order valence-electron chi connectivity index (χ2n) is 4.89. The summed E-state index contributed by atoms with van der Waals surface area (Å²) in [5, 5.41) is 11.4. The number of carbonyl (C=O) groups excluding carboxylic acids is 1. The number of terminal acetylenes is 1. The van der Waals surface area contributed by atoms with Crippen LogP contribution in [0.3, 0.4) is 0 Å². The van der Waals surface area contributed by atoms with E-state index < -0.39 is 12.0 Å². The van der Waals surface area contributed by atoms with Crippen LogP contribution < -0.4 is 5.32 Å². The van der Waals surface area contributed by atoms with Gasteiger partial charge in [-0.2, -0.15) is 0 Å². The molecule has 106 valence electrons. The van der Waals surface area contributed by atoms with Gasteiger partial charge in [0.2, 0.25) is 0 Å². The zero-order valence-corrected chi connectivity index (χ0v) is 11.4. The molecule has 19 heavy (non-hydrogen) atoms. The summed E-state index contributed by atoms with van der Waals surface area (Å²) in [7, 11) is 3.74. The molecule has 2 amide bonds. The molecule has 1 atom stereocenters. The number of piperidine rings is 1. The molecule has 6 heteroatoms. The lowest BCUT2D eigenvalue weighted by Gasteiger charge is -2.35. The van der Waals surface area contributed by atoms with Crippen molar-refractivity contribution >= 4 is 12.0 Å². The fraction of sp³-hybridized carbons (Fsp3) is 0.692. The number of carboxylic acid groups (broad SMARTS) is 1. The number of hydrogen-bond donors (Lipinski definition) is 2. The summed E-state index contributed by atoms with van der Waals surface area (Å²) >= 11 is 0.